The molecule has 166 valence electrons. The Hall–Kier alpha value is -0.770. The van der Waals surface area contributed by atoms with Crippen LogP contribution in [0.2, 0.25) is 0 Å². The molecule has 0 aliphatic heterocycles. The highest BCUT2D eigenvalue weighted by Crippen LogP contribution is 2.13. The van der Waals surface area contributed by atoms with Gasteiger partial charge in [0.1, 0.15) is 5.75 Å². The molecular formula is C22H42O5S. The van der Waals surface area contributed by atoms with E-state index in [0.29, 0.717) is 13.0 Å². The van der Waals surface area contributed by atoms with Gasteiger partial charge in [-0.2, -0.15) is 8.42 Å². The van der Waals surface area contributed by atoms with Crippen molar-refractivity contribution in [3.05, 3.63) is 0 Å². The Morgan fingerprint density at radius 1 is 0.714 bits per heavy atom. The number of unbranched alkanes of at least 4 members (excludes halogenated alkanes) is 14. The minimum absolute atomic E-state index is 0.0919. The van der Waals surface area contributed by atoms with Crippen molar-refractivity contribution in [3.8, 4) is 12.0 Å². The summed E-state index contributed by atoms with van der Waals surface area (Å²) < 4.78 is 32.0. The van der Waals surface area contributed by atoms with Crippen LogP contribution in [0.15, 0.2) is 0 Å². The Balaban J connectivity index is 3.31. The standard InChI is InChI=1S/C22H42O5S/c1-3-5-6-7-8-9-10-11-12-13-14-15-16-17-18-19-20-26-27-28(23,24)22-21-25-4-2/h3-18,21-22H2,1-2H3. The van der Waals surface area contributed by atoms with Crippen LogP contribution in [0.5, 0.6) is 0 Å². The quantitative estimate of drug-likeness (QED) is 0.103. The highest BCUT2D eigenvalue weighted by atomic mass is 32.2. The van der Waals surface area contributed by atoms with Crippen molar-refractivity contribution in [1.82, 2.24) is 0 Å². The Labute approximate surface area is 174 Å². The molecule has 0 heterocycles. The predicted octanol–water partition coefficient (Wildman–Crippen LogP) is 6.13. The van der Waals surface area contributed by atoms with E-state index in [9.17, 15) is 8.42 Å². The van der Waals surface area contributed by atoms with Crippen LogP contribution >= 0.6 is 0 Å². The van der Waals surface area contributed by atoms with E-state index in [0.717, 1.165) is 12.8 Å². The summed E-state index contributed by atoms with van der Waals surface area (Å²) in [4.78, 5) is 4.44. The molecular weight excluding hydrogens is 376 g/mol. The first-order valence-electron chi connectivity index (χ1n) is 11.3. The van der Waals surface area contributed by atoms with Gasteiger partial charge in [-0.3, -0.25) is 4.89 Å². The van der Waals surface area contributed by atoms with Crippen molar-refractivity contribution in [2.75, 3.05) is 19.0 Å². The fourth-order valence-corrected chi connectivity index (χ4v) is 3.42. The molecule has 0 radical (unpaired) electrons. The molecule has 0 bridgehead atoms. The van der Waals surface area contributed by atoms with Crippen molar-refractivity contribution in [3.63, 3.8) is 0 Å². The summed E-state index contributed by atoms with van der Waals surface area (Å²) in [5.74, 6) is 2.54. The normalized spacial score (nSPS) is 11.2. The zero-order chi connectivity index (χ0) is 20.8. The van der Waals surface area contributed by atoms with Gasteiger partial charge in [-0.15, -0.1) is 0 Å². The number of ether oxygens (including phenoxy) is 1. The second-order valence-electron chi connectivity index (χ2n) is 7.24. The summed E-state index contributed by atoms with van der Waals surface area (Å²) in [6.45, 7) is 4.62. The Morgan fingerprint density at radius 3 is 1.71 bits per heavy atom. The summed E-state index contributed by atoms with van der Waals surface area (Å²) >= 11 is 0. The molecule has 5 nitrogen and oxygen atoms in total. The summed E-state index contributed by atoms with van der Waals surface area (Å²) in [7, 11) is -3.73. The highest BCUT2D eigenvalue weighted by molar-refractivity contribution is 7.86. The summed E-state index contributed by atoms with van der Waals surface area (Å²) in [6.07, 6.45) is 21.5. The predicted molar refractivity (Wildman–Crippen MR) is 115 cm³/mol. The van der Waals surface area contributed by atoms with Gasteiger partial charge in [-0.05, 0) is 17.7 Å². The fraction of sp³-hybridized carbons (Fsp3) is 0.909. The lowest BCUT2D eigenvalue weighted by atomic mass is 10.0. The van der Waals surface area contributed by atoms with E-state index < -0.39 is 10.1 Å². The molecule has 0 aliphatic rings. The van der Waals surface area contributed by atoms with Crippen LogP contribution in [0.25, 0.3) is 0 Å². The van der Waals surface area contributed by atoms with Crippen LogP contribution in [0.4, 0.5) is 0 Å². The third kappa shape index (κ3) is 21.5. The van der Waals surface area contributed by atoms with E-state index >= 15 is 0 Å². The molecule has 0 fully saturated rings. The topological polar surface area (TPSA) is 61.8 Å². The average molecular weight is 419 g/mol. The van der Waals surface area contributed by atoms with E-state index in [1.54, 1.807) is 6.92 Å². The number of rotatable bonds is 20. The molecule has 0 N–H and O–H groups in total. The van der Waals surface area contributed by atoms with Crippen LogP contribution < -0.4 is 0 Å². The van der Waals surface area contributed by atoms with Crippen molar-refractivity contribution in [2.24, 2.45) is 0 Å². The fourth-order valence-electron chi connectivity index (χ4n) is 2.90. The van der Waals surface area contributed by atoms with E-state index in [1.165, 1.54) is 77.0 Å². The monoisotopic (exact) mass is 418 g/mol. The van der Waals surface area contributed by atoms with E-state index in [4.69, 9.17) is 4.74 Å². The lowest BCUT2D eigenvalue weighted by molar-refractivity contribution is -0.127. The molecule has 0 unspecified atom stereocenters. The zero-order valence-corrected chi connectivity index (χ0v) is 19.0. The van der Waals surface area contributed by atoms with Crippen LogP contribution in [-0.4, -0.2) is 27.4 Å². The first kappa shape index (κ1) is 27.2. The molecule has 0 aromatic carbocycles. The molecule has 0 amide bonds. The van der Waals surface area contributed by atoms with Crippen molar-refractivity contribution in [2.45, 2.75) is 110 Å². The van der Waals surface area contributed by atoms with Gasteiger partial charge in [0.25, 0.3) is 0 Å². The summed E-state index contributed by atoms with van der Waals surface area (Å²) in [6, 6.07) is 0. The Kier molecular flexibility index (Phi) is 20.4. The maximum absolute atomic E-state index is 11.4. The van der Waals surface area contributed by atoms with Gasteiger partial charge in [0.05, 0.1) is 6.61 Å². The van der Waals surface area contributed by atoms with Crippen LogP contribution in [-0.2, 0) is 24.1 Å². The highest BCUT2D eigenvalue weighted by Gasteiger charge is 2.12. The molecule has 28 heavy (non-hydrogen) atoms. The maximum Gasteiger partial charge on any atom is 0.306 e. The molecule has 0 aromatic heterocycles. The van der Waals surface area contributed by atoms with Gasteiger partial charge >= 0.3 is 10.1 Å². The third-order valence-corrected chi connectivity index (χ3v) is 5.53. The molecule has 0 saturated carbocycles. The zero-order valence-electron chi connectivity index (χ0n) is 18.2. The van der Waals surface area contributed by atoms with Crippen molar-refractivity contribution in [1.29, 1.82) is 0 Å². The average Bonchev–Trinajstić information content (AvgIpc) is 2.67. The van der Waals surface area contributed by atoms with Gasteiger partial charge in [0.2, 0.25) is 0 Å². The summed E-state index contributed by atoms with van der Waals surface area (Å²) in [5, 5.41) is 0. The molecule has 6 heteroatoms. The largest absolute Gasteiger partial charge is 0.381 e. The second-order valence-corrected chi connectivity index (χ2v) is 8.89. The van der Waals surface area contributed by atoms with Gasteiger partial charge in [-0.25, -0.2) is 0 Å². The van der Waals surface area contributed by atoms with Gasteiger partial charge in [-0.1, -0.05) is 96.3 Å². The SMILES string of the molecule is CCCCCCCCCCCCCCCCC#COOS(=O)(=O)CCOCC. The van der Waals surface area contributed by atoms with Crippen molar-refractivity contribution >= 4 is 10.1 Å². The molecule has 0 aromatic rings. The Bertz CT molecular complexity index is 479. The van der Waals surface area contributed by atoms with Gasteiger partial charge < -0.3 is 4.74 Å². The Morgan fingerprint density at radius 2 is 1.21 bits per heavy atom. The third-order valence-electron chi connectivity index (χ3n) is 4.59. The van der Waals surface area contributed by atoms with Crippen LogP contribution in [0.3, 0.4) is 0 Å². The van der Waals surface area contributed by atoms with Crippen LogP contribution in [0.1, 0.15) is 110 Å². The minimum Gasteiger partial charge on any atom is -0.381 e. The summed E-state index contributed by atoms with van der Waals surface area (Å²) in [5.41, 5.74) is 0. The van der Waals surface area contributed by atoms with E-state index in [1.807, 2.05) is 0 Å². The van der Waals surface area contributed by atoms with Gasteiger partial charge in [0, 0.05) is 13.0 Å². The second kappa shape index (κ2) is 21.0. The van der Waals surface area contributed by atoms with Crippen molar-refractivity contribution < 1.29 is 22.4 Å². The van der Waals surface area contributed by atoms with E-state index in [2.05, 4.69) is 28.2 Å². The van der Waals surface area contributed by atoms with Crippen LogP contribution in [0, 0.1) is 12.0 Å². The smallest absolute Gasteiger partial charge is 0.306 e. The van der Waals surface area contributed by atoms with Gasteiger partial charge in [0.15, 0.2) is 6.11 Å². The molecule has 0 saturated heterocycles. The lowest BCUT2D eigenvalue weighted by Gasteiger charge is -2.02. The van der Waals surface area contributed by atoms with E-state index in [-0.39, 0.29) is 12.4 Å². The number of hydrogen-bond acceptors (Lipinski definition) is 5. The molecule has 0 rings (SSSR count). The first-order chi connectivity index (χ1) is 13.6. The number of hydrogen-bond donors (Lipinski definition) is 0. The first-order valence-corrected chi connectivity index (χ1v) is 12.8. The maximum atomic E-state index is 11.4. The minimum atomic E-state index is -3.73. The molecule has 0 aliphatic carbocycles. The molecule has 0 atom stereocenters. The molecule has 0 spiro atoms. The lowest BCUT2D eigenvalue weighted by Crippen LogP contribution is -2.14.